The molecule has 1 aliphatic rings. The fourth-order valence-corrected chi connectivity index (χ4v) is 2.31. The first-order valence-corrected chi connectivity index (χ1v) is 6.05. The second-order valence-electron chi connectivity index (χ2n) is 4.52. The molecule has 1 saturated carbocycles. The van der Waals surface area contributed by atoms with E-state index in [1.54, 1.807) is 7.11 Å². The molecule has 2 N–H and O–H groups in total. The molecular formula is C13H17N3O. The summed E-state index contributed by atoms with van der Waals surface area (Å²) < 4.78 is 7.73. The summed E-state index contributed by atoms with van der Waals surface area (Å²) in [7, 11) is 1.69. The number of fused-ring (bicyclic) bond motifs is 1. The van der Waals surface area contributed by atoms with E-state index in [1.807, 2.05) is 12.1 Å². The van der Waals surface area contributed by atoms with Gasteiger partial charge in [0, 0.05) is 19.7 Å². The van der Waals surface area contributed by atoms with Gasteiger partial charge in [-0.15, -0.1) is 0 Å². The quantitative estimate of drug-likeness (QED) is 0.875. The molecule has 0 spiro atoms. The van der Waals surface area contributed by atoms with Gasteiger partial charge in [-0.2, -0.15) is 0 Å². The van der Waals surface area contributed by atoms with Crippen LogP contribution >= 0.6 is 0 Å². The van der Waals surface area contributed by atoms with Crippen molar-refractivity contribution in [3.63, 3.8) is 0 Å². The smallest absolute Gasteiger partial charge is 0.140 e. The molecule has 0 bridgehead atoms. The van der Waals surface area contributed by atoms with E-state index in [2.05, 4.69) is 21.7 Å². The maximum atomic E-state index is 5.75. The van der Waals surface area contributed by atoms with Gasteiger partial charge in [-0.1, -0.05) is 12.1 Å². The third-order valence-corrected chi connectivity index (χ3v) is 3.32. The molecule has 1 unspecified atom stereocenters. The first-order valence-electron chi connectivity index (χ1n) is 6.05. The van der Waals surface area contributed by atoms with E-state index in [-0.39, 0.29) is 6.10 Å². The first-order chi connectivity index (χ1) is 8.35. The van der Waals surface area contributed by atoms with E-state index in [0.29, 0.717) is 12.6 Å². The third-order valence-electron chi connectivity index (χ3n) is 3.32. The van der Waals surface area contributed by atoms with Gasteiger partial charge in [0.05, 0.1) is 11.0 Å². The molecule has 90 valence electrons. The van der Waals surface area contributed by atoms with E-state index >= 15 is 0 Å². The van der Waals surface area contributed by atoms with Crippen molar-refractivity contribution in [2.24, 2.45) is 5.73 Å². The Morgan fingerprint density at radius 1 is 1.47 bits per heavy atom. The molecule has 3 rings (SSSR count). The van der Waals surface area contributed by atoms with Crippen molar-refractivity contribution >= 4 is 11.0 Å². The lowest BCUT2D eigenvalue weighted by Gasteiger charge is -2.15. The number of para-hydroxylation sites is 2. The fraction of sp³-hybridized carbons (Fsp3) is 0.462. The summed E-state index contributed by atoms with van der Waals surface area (Å²) in [6, 6.07) is 8.81. The summed E-state index contributed by atoms with van der Waals surface area (Å²) in [5.41, 5.74) is 7.98. The molecule has 1 aromatic heterocycles. The lowest BCUT2D eigenvalue weighted by Crippen LogP contribution is -2.18. The predicted octanol–water partition coefficient (Wildman–Crippen LogP) is 2.02. The van der Waals surface area contributed by atoms with Crippen LogP contribution < -0.4 is 5.73 Å². The summed E-state index contributed by atoms with van der Waals surface area (Å²) >= 11 is 0. The van der Waals surface area contributed by atoms with E-state index in [0.717, 1.165) is 11.3 Å². The Morgan fingerprint density at radius 3 is 2.88 bits per heavy atom. The molecule has 1 atom stereocenters. The molecule has 0 radical (unpaired) electrons. The highest BCUT2D eigenvalue weighted by Gasteiger charge is 2.30. The number of rotatable bonds is 4. The zero-order chi connectivity index (χ0) is 11.8. The van der Waals surface area contributed by atoms with Crippen LogP contribution in [0.25, 0.3) is 11.0 Å². The minimum atomic E-state index is -0.108. The van der Waals surface area contributed by atoms with Crippen molar-refractivity contribution in [1.82, 2.24) is 9.55 Å². The van der Waals surface area contributed by atoms with Crippen LogP contribution in [0.15, 0.2) is 24.3 Å². The van der Waals surface area contributed by atoms with Gasteiger partial charge in [0.1, 0.15) is 11.9 Å². The normalized spacial score (nSPS) is 17.5. The number of aromatic nitrogens is 2. The van der Waals surface area contributed by atoms with Gasteiger partial charge in [0.25, 0.3) is 0 Å². The molecule has 2 aromatic rings. The Labute approximate surface area is 100 Å². The van der Waals surface area contributed by atoms with Gasteiger partial charge in [-0.25, -0.2) is 4.98 Å². The van der Waals surface area contributed by atoms with Crippen LogP contribution in [-0.2, 0) is 4.74 Å². The highest BCUT2D eigenvalue weighted by molar-refractivity contribution is 5.76. The fourth-order valence-electron chi connectivity index (χ4n) is 2.31. The zero-order valence-corrected chi connectivity index (χ0v) is 9.97. The molecule has 1 fully saturated rings. The van der Waals surface area contributed by atoms with Crippen LogP contribution in [0, 0.1) is 0 Å². The maximum absolute atomic E-state index is 5.75. The zero-order valence-electron chi connectivity index (χ0n) is 9.97. The SMILES string of the molecule is COC(CN)c1nc2ccccc2n1C1CC1. The van der Waals surface area contributed by atoms with E-state index in [1.165, 1.54) is 18.4 Å². The molecule has 0 amide bonds. The van der Waals surface area contributed by atoms with Crippen LogP contribution in [0.1, 0.15) is 30.8 Å². The Hall–Kier alpha value is -1.39. The summed E-state index contributed by atoms with van der Waals surface area (Å²) in [6.45, 7) is 0.465. The van der Waals surface area contributed by atoms with Crippen LogP contribution in [0.2, 0.25) is 0 Å². The van der Waals surface area contributed by atoms with E-state index in [9.17, 15) is 0 Å². The largest absolute Gasteiger partial charge is 0.372 e. The highest BCUT2D eigenvalue weighted by Crippen LogP contribution is 2.40. The van der Waals surface area contributed by atoms with Crippen LogP contribution in [0.5, 0.6) is 0 Å². The maximum Gasteiger partial charge on any atom is 0.140 e. The lowest BCUT2D eigenvalue weighted by atomic mass is 10.3. The van der Waals surface area contributed by atoms with Crippen molar-refractivity contribution in [2.45, 2.75) is 25.0 Å². The standard InChI is InChI=1S/C13H17N3O/c1-17-12(8-14)13-15-10-4-2-3-5-11(10)16(13)9-6-7-9/h2-5,9,12H,6-8,14H2,1H3. The van der Waals surface area contributed by atoms with Gasteiger partial charge in [0.15, 0.2) is 0 Å². The molecule has 17 heavy (non-hydrogen) atoms. The number of nitrogens with zero attached hydrogens (tertiary/aromatic N) is 2. The molecule has 0 aliphatic heterocycles. The minimum absolute atomic E-state index is 0.108. The molecule has 1 heterocycles. The molecular weight excluding hydrogens is 214 g/mol. The highest BCUT2D eigenvalue weighted by atomic mass is 16.5. The average Bonchev–Trinajstić information content (AvgIpc) is 3.12. The Balaban J connectivity index is 2.18. The first kappa shape index (κ1) is 10.7. The lowest BCUT2D eigenvalue weighted by molar-refractivity contribution is 0.100. The van der Waals surface area contributed by atoms with Crippen molar-refractivity contribution in [2.75, 3.05) is 13.7 Å². The number of ether oxygens (including phenoxy) is 1. The number of benzene rings is 1. The summed E-state index contributed by atoms with van der Waals surface area (Å²) in [5, 5.41) is 0. The van der Waals surface area contributed by atoms with Crippen LogP contribution in [0.4, 0.5) is 0 Å². The van der Waals surface area contributed by atoms with Gasteiger partial charge < -0.3 is 15.0 Å². The van der Waals surface area contributed by atoms with Gasteiger partial charge in [0.2, 0.25) is 0 Å². The Bertz CT molecular complexity index is 526. The van der Waals surface area contributed by atoms with Gasteiger partial charge in [-0.3, -0.25) is 0 Å². The summed E-state index contributed by atoms with van der Waals surface area (Å²) in [6.07, 6.45) is 2.35. The molecule has 0 saturated heterocycles. The average molecular weight is 231 g/mol. The summed E-state index contributed by atoms with van der Waals surface area (Å²) in [5.74, 6) is 0.971. The number of imidazole rings is 1. The van der Waals surface area contributed by atoms with E-state index < -0.39 is 0 Å². The second kappa shape index (κ2) is 4.13. The van der Waals surface area contributed by atoms with Gasteiger partial charge in [-0.05, 0) is 25.0 Å². The Kier molecular flexibility index (Phi) is 2.61. The molecule has 1 aliphatic carbocycles. The Morgan fingerprint density at radius 2 is 2.24 bits per heavy atom. The number of nitrogens with two attached hydrogens (primary N) is 1. The molecule has 4 nitrogen and oxygen atoms in total. The van der Waals surface area contributed by atoms with Crippen molar-refractivity contribution in [1.29, 1.82) is 0 Å². The number of hydrogen-bond acceptors (Lipinski definition) is 3. The molecule has 1 aromatic carbocycles. The van der Waals surface area contributed by atoms with Crippen molar-refractivity contribution < 1.29 is 4.74 Å². The summed E-state index contributed by atoms with van der Waals surface area (Å²) in [4.78, 5) is 4.67. The number of hydrogen-bond donors (Lipinski definition) is 1. The second-order valence-corrected chi connectivity index (χ2v) is 4.52. The van der Waals surface area contributed by atoms with Crippen LogP contribution in [-0.4, -0.2) is 23.2 Å². The van der Waals surface area contributed by atoms with E-state index in [4.69, 9.17) is 10.5 Å². The predicted molar refractivity (Wildman–Crippen MR) is 66.8 cm³/mol. The monoisotopic (exact) mass is 231 g/mol. The van der Waals surface area contributed by atoms with Crippen molar-refractivity contribution in [3.05, 3.63) is 30.1 Å². The number of methoxy groups -OCH3 is 1. The van der Waals surface area contributed by atoms with Crippen molar-refractivity contribution in [3.8, 4) is 0 Å². The topological polar surface area (TPSA) is 53.1 Å². The van der Waals surface area contributed by atoms with Gasteiger partial charge >= 0.3 is 0 Å². The van der Waals surface area contributed by atoms with Crippen LogP contribution in [0.3, 0.4) is 0 Å². The molecule has 4 heteroatoms. The third kappa shape index (κ3) is 1.73. The minimum Gasteiger partial charge on any atom is -0.372 e.